The van der Waals surface area contributed by atoms with Gasteiger partial charge in [0.05, 0.1) is 6.10 Å². The quantitative estimate of drug-likeness (QED) is 0.921. The number of aliphatic hydroxyl groups excluding tert-OH is 1. The fourth-order valence-corrected chi connectivity index (χ4v) is 2.04. The molecule has 0 amide bonds. The molecule has 0 radical (unpaired) electrons. The first-order valence-electron chi connectivity index (χ1n) is 6.82. The molecule has 0 spiro atoms. The second-order valence-electron chi connectivity index (χ2n) is 5.31. The van der Waals surface area contributed by atoms with Crippen molar-refractivity contribution in [3.63, 3.8) is 0 Å². The number of hydrogen-bond donors (Lipinski definition) is 1. The van der Waals surface area contributed by atoms with Gasteiger partial charge in [0, 0.05) is 31.4 Å². The van der Waals surface area contributed by atoms with Crippen molar-refractivity contribution in [3.05, 3.63) is 53.3 Å². The van der Waals surface area contributed by atoms with E-state index in [0.29, 0.717) is 22.6 Å². The van der Waals surface area contributed by atoms with Crippen molar-refractivity contribution in [1.29, 1.82) is 0 Å². The maximum Gasteiger partial charge on any atom is 0.133 e. The molecular formula is C17H20FNO2. The lowest BCUT2D eigenvalue weighted by Gasteiger charge is -2.17. The molecule has 0 saturated carbocycles. The van der Waals surface area contributed by atoms with Crippen LogP contribution in [-0.4, -0.2) is 19.2 Å². The van der Waals surface area contributed by atoms with Crippen LogP contribution in [0.3, 0.4) is 0 Å². The van der Waals surface area contributed by atoms with Crippen LogP contribution in [0.4, 0.5) is 10.1 Å². The van der Waals surface area contributed by atoms with Crippen LogP contribution in [0.2, 0.25) is 0 Å². The number of benzene rings is 2. The molecule has 0 aliphatic carbocycles. The fourth-order valence-electron chi connectivity index (χ4n) is 2.04. The second-order valence-corrected chi connectivity index (χ2v) is 5.31. The average molecular weight is 289 g/mol. The molecule has 0 saturated heterocycles. The molecule has 112 valence electrons. The standard InChI is InChI=1S/C17H20FNO2/c1-11-8-17(15(12(2)20)10-16(11)18)21-14-7-5-6-13(9-14)19(3)4/h5-10,12,20H,1-4H3. The van der Waals surface area contributed by atoms with Gasteiger partial charge in [-0.15, -0.1) is 0 Å². The van der Waals surface area contributed by atoms with Crippen LogP contribution in [0.1, 0.15) is 24.2 Å². The zero-order valence-corrected chi connectivity index (χ0v) is 12.7. The maximum absolute atomic E-state index is 13.7. The van der Waals surface area contributed by atoms with Crippen molar-refractivity contribution in [2.45, 2.75) is 20.0 Å². The van der Waals surface area contributed by atoms with Crippen LogP contribution in [0, 0.1) is 12.7 Å². The van der Waals surface area contributed by atoms with Gasteiger partial charge in [0.1, 0.15) is 17.3 Å². The molecule has 2 rings (SSSR count). The number of halogens is 1. The highest BCUT2D eigenvalue weighted by Crippen LogP contribution is 2.33. The Hall–Kier alpha value is -2.07. The first-order chi connectivity index (χ1) is 9.88. The molecule has 0 aromatic heterocycles. The summed E-state index contributed by atoms with van der Waals surface area (Å²) in [6.45, 7) is 3.26. The zero-order valence-electron chi connectivity index (χ0n) is 12.7. The Bertz CT molecular complexity index is 639. The van der Waals surface area contributed by atoms with Crippen molar-refractivity contribution in [2.24, 2.45) is 0 Å². The molecule has 1 unspecified atom stereocenters. The molecule has 4 heteroatoms. The van der Waals surface area contributed by atoms with Crippen LogP contribution >= 0.6 is 0 Å². The van der Waals surface area contributed by atoms with E-state index < -0.39 is 6.10 Å². The minimum Gasteiger partial charge on any atom is -0.457 e. The van der Waals surface area contributed by atoms with Crippen LogP contribution < -0.4 is 9.64 Å². The first kappa shape index (κ1) is 15.3. The minimum absolute atomic E-state index is 0.347. The molecule has 0 aliphatic heterocycles. The smallest absolute Gasteiger partial charge is 0.133 e. The van der Waals surface area contributed by atoms with Gasteiger partial charge in [-0.05, 0) is 43.7 Å². The van der Waals surface area contributed by atoms with Crippen LogP contribution in [0.5, 0.6) is 11.5 Å². The topological polar surface area (TPSA) is 32.7 Å². The highest BCUT2D eigenvalue weighted by Gasteiger charge is 2.14. The molecule has 1 atom stereocenters. The number of hydrogen-bond acceptors (Lipinski definition) is 3. The summed E-state index contributed by atoms with van der Waals surface area (Å²) in [6.07, 6.45) is -0.799. The van der Waals surface area contributed by atoms with Gasteiger partial charge in [0.25, 0.3) is 0 Å². The van der Waals surface area contributed by atoms with Crippen LogP contribution in [-0.2, 0) is 0 Å². The molecule has 1 N–H and O–H groups in total. The van der Waals surface area contributed by atoms with Crippen molar-refractivity contribution >= 4 is 5.69 Å². The van der Waals surface area contributed by atoms with Gasteiger partial charge in [-0.25, -0.2) is 4.39 Å². The van der Waals surface area contributed by atoms with Gasteiger partial charge in [-0.3, -0.25) is 0 Å². The summed E-state index contributed by atoms with van der Waals surface area (Å²) in [4.78, 5) is 1.97. The normalized spacial score (nSPS) is 12.1. The number of aryl methyl sites for hydroxylation is 1. The van der Waals surface area contributed by atoms with Crippen LogP contribution in [0.15, 0.2) is 36.4 Å². The second kappa shape index (κ2) is 6.14. The van der Waals surface area contributed by atoms with Gasteiger partial charge in [0.2, 0.25) is 0 Å². The molecule has 0 fully saturated rings. The van der Waals surface area contributed by atoms with Gasteiger partial charge in [0.15, 0.2) is 0 Å². The van der Waals surface area contributed by atoms with E-state index in [1.54, 1.807) is 19.9 Å². The Balaban J connectivity index is 2.39. The van der Waals surface area contributed by atoms with Gasteiger partial charge >= 0.3 is 0 Å². The van der Waals surface area contributed by atoms with Gasteiger partial charge in [-0.2, -0.15) is 0 Å². The van der Waals surface area contributed by atoms with E-state index in [0.717, 1.165) is 5.69 Å². The van der Waals surface area contributed by atoms with E-state index >= 15 is 0 Å². The summed E-state index contributed by atoms with van der Waals surface area (Å²) in [6, 6.07) is 10.5. The lowest BCUT2D eigenvalue weighted by Crippen LogP contribution is -2.08. The Kier molecular flexibility index (Phi) is 4.48. The molecule has 0 heterocycles. The van der Waals surface area contributed by atoms with E-state index in [-0.39, 0.29) is 5.82 Å². The Labute approximate surface area is 124 Å². The maximum atomic E-state index is 13.7. The molecule has 0 bridgehead atoms. The molecule has 0 aliphatic rings. The van der Waals surface area contributed by atoms with E-state index in [4.69, 9.17) is 4.74 Å². The van der Waals surface area contributed by atoms with Gasteiger partial charge in [-0.1, -0.05) is 6.07 Å². The summed E-state index contributed by atoms with van der Waals surface area (Å²) in [5, 5.41) is 9.79. The van der Waals surface area contributed by atoms with Crippen molar-refractivity contribution in [2.75, 3.05) is 19.0 Å². The van der Waals surface area contributed by atoms with Gasteiger partial charge < -0.3 is 14.7 Å². The van der Waals surface area contributed by atoms with E-state index in [1.165, 1.54) is 6.07 Å². The monoisotopic (exact) mass is 289 g/mol. The predicted molar refractivity (Wildman–Crippen MR) is 82.6 cm³/mol. The number of nitrogens with zero attached hydrogens (tertiary/aromatic N) is 1. The zero-order chi connectivity index (χ0) is 15.6. The predicted octanol–water partition coefficient (Wildman–Crippen LogP) is 4.05. The number of aliphatic hydroxyl groups is 1. The summed E-state index contributed by atoms with van der Waals surface area (Å²) in [5.41, 5.74) is 1.93. The van der Waals surface area contributed by atoms with E-state index in [9.17, 15) is 9.50 Å². The van der Waals surface area contributed by atoms with Crippen molar-refractivity contribution in [1.82, 2.24) is 0 Å². The average Bonchev–Trinajstić information content (AvgIpc) is 2.42. The summed E-state index contributed by atoms with van der Waals surface area (Å²) >= 11 is 0. The largest absolute Gasteiger partial charge is 0.457 e. The number of ether oxygens (including phenoxy) is 1. The third-order valence-electron chi connectivity index (χ3n) is 3.30. The summed E-state index contributed by atoms with van der Waals surface area (Å²) in [5.74, 6) is 0.772. The highest BCUT2D eigenvalue weighted by molar-refractivity contribution is 5.51. The van der Waals surface area contributed by atoms with Crippen molar-refractivity contribution in [3.8, 4) is 11.5 Å². The van der Waals surface area contributed by atoms with E-state index in [2.05, 4.69) is 0 Å². The third kappa shape index (κ3) is 3.52. The number of anilines is 1. The first-order valence-corrected chi connectivity index (χ1v) is 6.82. The van der Waals surface area contributed by atoms with Crippen molar-refractivity contribution < 1.29 is 14.2 Å². The summed E-state index contributed by atoms with van der Waals surface area (Å²) in [7, 11) is 3.89. The van der Waals surface area contributed by atoms with Crippen LogP contribution in [0.25, 0.3) is 0 Å². The lowest BCUT2D eigenvalue weighted by molar-refractivity contribution is 0.195. The Morgan fingerprint density at radius 3 is 2.52 bits per heavy atom. The highest BCUT2D eigenvalue weighted by atomic mass is 19.1. The fraction of sp³-hybridized carbons (Fsp3) is 0.294. The number of rotatable bonds is 4. The molecule has 2 aromatic carbocycles. The minimum atomic E-state index is -0.799. The third-order valence-corrected chi connectivity index (χ3v) is 3.30. The van der Waals surface area contributed by atoms with E-state index in [1.807, 2.05) is 43.3 Å². The summed E-state index contributed by atoms with van der Waals surface area (Å²) < 4.78 is 19.5. The Morgan fingerprint density at radius 1 is 1.19 bits per heavy atom. The SMILES string of the molecule is Cc1cc(Oc2cccc(N(C)C)c2)c(C(C)O)cc1F. The lowest BCUT2D eigenvalue weighted by atomic mass is 10.1. The molecular weight excluding hydrogens is 269 g/mol. The molecule has 3 nitrogen and oxygen atoms in total. The Morgan fingerprint density at radius 2 is 1.90 bits per heavy atom. The molecule has 2 aromatic rings. The molecule has 21 heavy (non-hydrogen) atoms.